The van der Waals surface area contributed by atoms with Crippen molar-refractivity contribution in [2.24, 2.45) is 0 Å². The zero-order valence-corrected chi connectivity index (χ0v) is 15.8. The number of aromatic nitrogens is 2. The normalized spacial score (nSPS) is 16.0. The van der Waals surface area contributed by atoms with Gasteiger partial charge < -0.3 is 5.32 Å². The molecule has 0 unspecified atom stereocenters. The lowest BCUT2D eigenvalue weighted by Gasteiger charge is -2.18. The van der Waals surface area contributed by atoms with E-state index >= 15 is 0 Å². The van der Waals surface area contributed by atoms with Gasteiger partial charge in [0.15, 0.2) is 0 Å². The van der Waals surface area contributed by atoms with Crippen LogP contribution < -0.4 is 5.32 Å². The summed E-state index contributed by atoms with van der Waals surface area (Å²) >= 11 is 0. The van der Waals surface area contributed by atoms with E-state index in [9.17, 15) is 13.2 Å². The summed E-state index contributed by atoms with van der Waals surface area (Å²) in [6, 6.07) is 0.244. The third-order valence-corrected chi connectivity index (χ3v) is 6.94. The molecule has 0 aliphatic heterocycles. The van der Waals surface area contributed by atoms with E-state index in [2.05, 4.69) is 10.4 Å². The Hall–Kier alpha value is -1.41. The number of aryl methyl sites for hydroxylation is 1. The quantitative estimate of drug-likeness (QED) is 0.804. The summed E-state index contributed by atoms with van der Waals surface area (Å²) in [5, 5.41) is 7.30. The number of carbonyl (C=O) groups is 1. The van der Waals surface area contributed by atoms with Gasteiger partial charge in [0.25, 0.3) is 0 Å². The minimum Gasteiger partial charge on any atom is -0.352 e. The van der Waals surface area contributed by atoms with E-state index < -0.39 is 10.0 Å². The number of nitrogens with one attached hydrogen (secondary N) is 1. The van der Waals surface area contributed by atoms with Crippen molar-refractivity contribution >= 4 is 15.9 Å². The van der Waals surface area contributed by atoms with E-state index in [1.54, 1.807) is 13.8 Å². The molecule has 24 heavy (non-hydrogen) atoms. The van der Waals surface area contributed by atoms with Crippen molar-refractivity contribution in [1.82, 2.24) is 19.4 Å². The van der Waals surface area contributed by atoms with Gasteiger partial charge in [-0.15, -0.1) is 0 Å². The van der Waals surface area contributed by atoms with Gasteiger partial charge >= 0.3 is 0 Å². The fraction of sp³-hybridized carbons (Fsp3) is 0.750. The first-order valence-corrected chi connectivity index (χ1v) is 10.1. The first-order valence-electron chi connectivity index (χ1n) is 8.64. The number of hydrogen-bond donors (Lipinski definition) is 1. The molecule has 1 heterocycles. The fourth-order valence-electron chi connectivity index (χ4n) is 3.38. The van der Waals surface area contributed by atoms with Crippen molar-refractivity contribution in [3.63, 3.8) is 0 Å². The maximum Gasteiger partial charge on any atom is 0.246 e. The third kappa shape index (κ3) is 3.80. The predicted molar refractivity (Wildman–Crippen MR) is 92.2 cm³/mol. The molecule has 2 rings (SSSR count). The third-order valence-electron chi connectivity index (χ3n) is 4.63. The van der Waals surface area contributed by atoms with Crippen molar-refractivity contribution in [2.45, 2.75) is 70.9 Å². The Kier molecular flexibility index (Phi) is 6.03. The molecular weight excluding hydrogens is 328 g/mol. The monoisotopic (exact) mass is 356 g/mol. The van der Waals surface area contributed by atoms with Crippen LogP contribution in [0.3, 0.4) is 0 Å². The Morgan fingerprint density at radius 3 is 2.38 bits per heavy atom. The summed E-state index contributed by atoms with van der Waals surface area (Å²) < 4.78 is 28.5. The molecule has 0 bridgehead atoms. The lowest BCUT2D eigenvalue weighted by atomic mass is 10.2. The first kappa shape index (κ1) is 18.9. The smallest absolute Gasteiger partial charge is 0.246 e. The van der Waals surface area contributed by atoms with Crippen LogP contribution in [-0.2, 0) is 21.4 Å². The van der Waals surface area contributed by atoms with Crippen molar-refractivity contribution in [3.05, 3.63) is 11.4 Å². The van der Waals surface area contributed by atoms with Gasteiger partial charge in [-0.25, -0.2) is 8.42 Å². The zero-order chi connectivity index (χ0) is 17.9. The largest absolute Gasteiger partial charge is 0.352 e. The summed E-state index contributed by atoms with van der Waals surface area (Å²) in [5.41, 5.74) is 0.953. The Bertz CT molecular complexity index is 686. The molecular formula is C16H28N4O3S. The van der Waals surface area contributed by atoms with Crippen LogP contribution in [0.5, 0.6) is 0 Å². The second-order valence-corrected chi connectivity index (χ2v) is 8.17. The van der Waals surface area contributed by atoms with Crippen LogP contribution in [0.25, 0.3) is 0 Å². The van der Waals surface area contributed by atoms with Gasteiger partial charge in [0.05, 0.1) is 11.4 Å². The summed E-state index contributed by atoms with van der Waals surface area (Å²) in [4.78, 5) is 12.4. The second-order valence-electron chi connectivity index (χ2n) is 6.30. The van der Waals surface area contributed by atoms with E-state index in [4.69, 9.17) is 0 Å². The maximum atomic E-state index is 12.8. The minimum atomic E-state index is -3.58. The zero-order valence-electron chi connectivity index (χ0n) is 15.0. The number of nitrogens with zero attached hydrogens (tertiary/aromatic N) is 3. The summed E-state index contributed by atoms with van der Waals surface area (Å²) in [5.74, 6) is -0.112. The number of sulfonamides is 1. The average Bonchev–Trinajstić information content (AvgIpc) is 3.08. The molecule has 136 valence electrons. The Morgan fingerprint density at radius 1 is 1.25 bits per heavy atom. The summed E-state index contributed by atoms with van der Waals surface area (Å²) in [6.45, 7) is 7.87. The molecule has 1 aromatic heterocycles. The van der Waals surface area contributed by atoms with Crippen LogP contribution in [0.2, 0.25) is 0 Å². The van der Waals surface area contributed by atoms with Crippen LogP contribution in [0.4, 0.5) is 0 Å². The highest BCUT2D eigenvalue weighted by molar-refractivity contribution is 7.89. The summed E-state index contributed by atoms with van der Waals surface area (Å²) in [6.07, 6.45) is 4.34. The molecule has 8 heteroatoms. The van der Waals surface area contributed by atoms with Crippen molar-refractivity contribution in [2.75, 3.05) is 13.1 Å². The highest BCUT2D eigenvalue weighted by Gasteiger charge is 2.29. The van der Waals surface area contributed by atoms with Crippen LogP contribution in [0.15, 0.2) is 4.90 Å². The number of carbonyl (C=O) groups excluding carboxylic acids is 1. The molecule has 0 saturated heterocycles. The summed E-state index contributed by atoms with van der Waals surface area (Å²) in [7, 11) is -3.58. The Morgan fingerprint density at radius 2 is 1.83 bits per heavy atom. The highest BCUT2D eigenvalue weighted by Crippen LogP contribution is 2.23. The number of amides is 1. The molecule has 1 aliphatic rings. The molecule has 1 aromatic rings. The van der Waals surface area contributed by atoms with Gasteiger partial charge in [-0.1, -0.05) is 26.7 Å². The van der Waals surface area contributed by atoms with Gasteiger partial charge in [-0.05, 0) is 26.7 Å². The lowest BCUT2D eigenvalue weighted by Crippen LogP contribution is -2.35. The molecule has 0 spiro atoms. The molecule has 0 radical (unpaired) electrons. The molecule has 1 aliphatic carbocycles. The molecule has 1 amide bonds. The molecule has 0 atom stereocenters. The fourth-order valence-corrected chi connectivity index (χ4v) is 5.21. The van der Waals surface area contributed by atoms with E-state index in [-0.39, 0.29) is 23.4 Å². The topological polar surface area (TPSA) is 84.3 Å². The number of rotatable bonds is 7. The minimum absolute atomic E-state index is 0.0525. The standard InChI is InChI=1S/C16H28N4O3S/c1-5-19(6-2)24(22,23)16-12(3)18-20(13(16)4)11-15(21)17-14-9-7-8-10-14/h14H,5-11H2,1-4H3,(H,17,21). The Balaban J connectivity index is 2.20. The van der Waals surface area contributed by atoms with Gasteiger partial charge in [-0.3, -0.25) is 9.48 Å². The van der Waals surface area contributed by atoms with Crippen LogP contribution in [-0.4, -0.2) is 47.5 Å². The molecule has 0 aromatic carbocycles. The second kappa shape index (κ2) is 7.65. The van der Waals surface area contributed by atoms with E-state index in [1.165, 1.54) is 8.99 Å². The van der Waals surface area contributed by atoms with Gasteiger partial charge in [0.1, 0.15) is 11.4 Å². The van der Waals surface area contributed by atoms with Crippen molar-refractivity contribution in [3.8, 4) is 0 Å². The van der Waals surface area contributed by atoms with E-state index in [0.29, 0.717) is 24.5 Å². The lowest BCUT2D eigenvalue weighted by molar-refractivity contribution is -0.122. The van der Waals surface area contributed by atoms with Crippen LogP contribution in [0.1, 0.15) is 50.9 Å². The maximum absolute atomic E-state index is 12.8. The molecule has 1 saturated carbocycles. The van der Waals surface area contributed by atoms with Crippen LogP contribution in [0, 0.1) is 13.8 Å². The van der Waals surface area contributed by atoms with Crippen molar-refractivity contribution < 1.29 is 13.2 Å². The molecule has 1 N–H and O–H groups in total. The predicted octanol–water partition coefficient (Wildman–Crippen LogP) is 1.59. The van der Waals surface area contributed by atoms with Gasteiger partial charge in [0.2, 0.25) is 15.9 Å². The van der Waals surface area contributed by atoms with E-state index in [1.807, 2.05) is 13.8 Å². The SMILES string of the molecule is CCN(CC)S(=O)(=O)c1c(C)nn(CC(=O)NC2CCCC2)c1C. The van der Waals surface area contributed by atoms with Gasteiger partial charge in [0, 0.05) is 19.1 Å². The van der Waals surface area contributed by atoms with E-state index in [0.717, 1.165) is 25.7 Å². The van der Waals surface area contributed by atoms with Crippen molar-refractivity contribution in [1.29, 1.82) is 0 Å². The first-order chi connectivity index (χ1) is 11.3. The highest BCUT2D eigenvalue weighted by atomic mass is 32.2. The number of hydrogen-bond acceptors (Lipinski definition) is 4. The molecule has 1 fully saturated rings. The van der Waals surface area contributed by atoms with Crippen LogP contribution >= 0.6 is 0 Å². The van der Waals surface area contributed by atoms with Gasteiger partial charge in [-0.2, -0.15) is 9.40 Å². The average molecular weight is 356 g/mol. The Labute approximate surface area is 144 Å². The molecule has 7 nitrogen and oxygen atoms in total.